The van der Waals surface area contributed by atoms with Gasteiger partial charge in [0.25, 0.3) is 0 Å². The van der Waals surface area contributed by atoms with E-state index >= 15 is 0 Å². The van der Waals surface area contributed by atoms with Crippen LogP contribution in [0.5, 0.6) is 0 Å². The summed E-state index contributed by atoms with van der Waals surface area (Å²) in [5.41, 5.74) is 0. The molecule has 0 unspecified atom stereocenters. The van der Waals surface area contributed by atoms with Crippen molar-refractivity contribution in [1.29, 1.82) is 0 Å². The maximum absolute atomic E-state index is 2.91. The summed E-state index contributed by atoms with van der Waals surface area (Å²) < 4.78 is 0. The minimum Gasteiger partial charge on any atom is -0.192 e. The third kappa shape index (κ3) is 4.66. The Morgan fingerprint density at radius 3 is 1.00 bits per heavy atom. The largest absolute Gasteiger partial charge is 0.192 e. The summed E-state index contributed by atoms with van der Waals surface area (Å²) in [7, 11) is -6.09. The van der Waals surface area contributed by atoms with E-state index in [0.29, 0.717) is 25.2 Å². The summed E-state index contributed by atoms with van der Waals surface area (Å²) in [4.78, 5) is 0. The molecule has 0 nitrogen and oxygen atoms in total. The van der Waals surface area contributed by atoms with E-state index in [2.05, 4.69) is 143 Å². The fourth-order valence-corrected chi connectivity index (χ4v) is 304. The zero-order chi connectivity index (χ0) is 27.2. The van der Waals surface area contributed by atoms with Gasteiger partial charge in [-0.05, 0) is 20.2 Å². The molecule has 0 N–H and O–H groups in total. The van der Waals surface area contributed by atoms with Crippen LogP contribution in [0.4, 0.5) is 0 Å². The van der Waals surface area contributed by atoms with E-state index in [1.54, 1.807) is 0 Å². The molecule has 0 fully saturated rings. The zero-order valence-electron chi connectivity index (χ0n) is 27.0. The van der Waals surface area contributed by atoms with Crippen molar-refractivity contribution in [2.75, 3.05) is 0 Å². The molecule has 0 saturated carbocycles. The Morgan fingerprint density at radius 1 is 0.485 bits per heavy atom. The molecule has 0 saturated heterocycles. The zero-order valence-corrected chi connectivity index (χ0v) is 34.0. The smallest absolute Gasteiger partial charge is 0.0248 e. The summed E-state index contributed by atoms with van der Waals surface area (Å²) in [6.07, 6.45) is 0. The van der Waals surface area contributed by atoms with Crippen LogP contribution < -0.4 is 0 Å². The van der Waals surface area contributed by atoms with Crippen molar-refractivity contribution in [2.24, 2.45) is 0 Å². The quantitative estimate of drug-likeness (QED) is 0.296. The van der Waals surface area contributed by atoms with E-state index in [9.17, 15) is 0 Å². The van der Waals surface area contributed by atoms with Gasteiger partial charge in [0.2, 0.25) is 0 Å². The molecule has 0 aliphatic carbocycles. The molecule has 1 aliphatic heterocycles. The number of hydrogen-bond acceptors (Lipinski definition) is 0. The molecule has 0 aromatic carbocycles. The van der Waals surface area contributed by atoms with Gasteiger partial charge in [-0.2, -0.15) is 21.2 Å². The van der Waals surface area contributed by atoms with Crippen LogP contribution in [-0.4, -0.2) is 51.1 Å². The summed E-state index contributed by atoms with van der Waals surface area (Å²) in [5.74, 6) is 0. The molecule has 1 rings (SSSR count). The highest BCUT2D eigenvalue weighted by Gasteiger charge is 2.67. The lowest BCUT2D eigenvalue weighted by Gasteiger charge is -2.84. The summed E-state index contributed by atoms with van der Waals surface area (Å²) in [6.45, 7) is 57.2. The molecule has 0 aromatic heterocycles. The molecule has 0 bridgehead atoms. The average Bonchev–Trinajstić information content (AvgIpc) is 2.37. The van der Waals surface area contributed by atoms with Crippen molar-refractivity contribution >= 4 is 51.1 Å². The number of hydrogen-bond donors (Lipinski definition) is 0. The van der Waals surface area contributed by atoms with E-state index in [4.69, 9.17) is 0 Å². The predicted molar refractivity (Wildman–Crippen MR) is 174 cm³/mol. The van der Waals surface area contributed by atoms with Crippen LogP contribution in [0, 0.1) is 0 Å². The fourth-order valence-electron chi connectivity index (χ4n) is 6.50. The lowest BCUT2D eigenvalue weighted by molar-refractivity contribution is 0.648. The lowest BCUT2D eigenvalue weighted by atomic mass is 10.2. The lowest BCUT2D eigenvalue weighted by Crippen LogP contribution is -2.97. The molecule has 33 heavy (non-hydrogen) atoms. The van der Waals surface area contributed by atoms with Gasteiger partial charge in [0.05, 0.1) is 0 Å². The molecular weight excluding hydrogens is 509 g/mol. The topological polar surface area (TPSA) is 0 Å². The SMILES string of the molecule is CC(C)(C)[Si](C)(C)[Si]1=[Si]([Si](C)(C)C(C)(C)C)[Si](C(C)(C)C)(C(C)(C)C)[Si-]1[Si](C)(C)C(C)(C)C. The van der Waals surface area contributed by atoms with Gasteiger partial charge < -0.3 is 0 Å². The maximum atomic E-state index is 2.91. The first-order valence-electron chi connectivity index (χ1n) is 13.5. The van der Waals surface area contributed by atoms with E-state index in [1.165, 1.54) is 0 Å². The standard InChI is InChI=1S/C26H63Si7/c1-22(2,3)30(16,17)27-28(31(18,19)23(4,5)6)33(25(10,11)12,26(13,14)15)29(27)32(20,21)24(7,8)9/h1-21H3/q-1. The van der Waals surface area contributed by atoms with Crippen LogP contribution in [0.3, 0.4) is 0 Å². The third-order valence-electron chi connectivity index (χ3n) is 11.0. The third-order valence-corrected chi connectivity index (χ3v) is 164. The van der Waals surface area contributed by atoms with Crippen LogP contribution in [0.1, 0.15) is 104 Å². The van der Waals surface area contributed by atoms with Crippen LogP contribution in [0.25, 0.3) is 0 Å². The van der Waals surface area contributed by atoms with Gasteiger partial charge in [-0.3, -0.25) is 0 Å². The Bertz CT molecular complexity index is 769. The second-order valence-electron chi connectivity index (χ2n) is 18.0. The molecule has 1 aliphatic rings. The molecule has 7 heteroatoms. The van der Waals surface area contributed by atoms with Gasteiger partial charge in [0.15, 0.2) is 0 Å². The molecule has 196 valence electrons. The van der Waals surface area contributed by atoms with Gasteiger partial charge in [-0.15, -0.1) is 0 Å². The van der Waals surface area contributed by atoms with Crippen LogP contribution in [0.2, 0.25) is 64.5 Å². The van der Waals surface area contributed by atoms with Crippen molar-refractivity contribution in [2.45, 2.75) is 168 Å². The maximum Gasteiger partial charge on any atom is 0.0248 e. The first-order chi connectivity index (χ1) is 13.9. The normalized spacial score (nSPS) is 19.7. The Balaban J connectivity index is 4.57. The van der Waals surface area contributed by atoms with E-state index in [1.807, 2.05) is 0 Å². The first kappa shape index (κ1) is 32.5. The van der Waals surface area contributed by atoms with Crippen molar-refractivity contribution in [3.63, 3.8) is 0 Å². The predicted octanol–water partition coefficient (Wildman–Crippen LogP) is 9.61. The highest BCUT2D eigenvalue weighted by atomic mass is 30.3. The van der Waals surface area contributed by atoms with Crippen molar-refractivity contribution < 1.29 is 0 Å². The van der Waals surface area contributed by atoms with Crippen molar-refractivity contribution in [3.05, 3.63) is 0 Å². The van der Waals surface area contributed by atoms with Gasteiger partial charge >= 0.3 is 0 Å². The summed E-state index contributed by atoms with van der Waals surface area (Å²) in [5, 5.41) is 2.66. The van der Waals surface area contributed by atoms with Gasteiger partial charge in [0, 0.05) is 7.59 Å². The van der Waals surface area contributed by atoms with E-state index < -0.39 is 29.9 Å². The van der Waals surface area contributed by atoms with Crippen molar-refractivity contribution in [3.8, 4) is 0 Å². The first-order valence-corrected chi connectivity index (χ1v) is 36.0. The van der Waals surface area contributed by atoms with Gasteiger partial charge in [-0.25, -0.2) is 0 Å². The Kier molecular flexibility index (Phi) is 8.40. The fraction of sp³-hybridized carbons (Fsp3) is 1.00. The highest BCUT2D eigenvalue weighted by molar-refractivity contribution is 8.14. The van der Waals surface area contributed by atoms with Crippen LogP contribution >= 0.6 is 0 Å². The molecular formula is C26H63Si7-. The van der Waals surface area contributed by atoms with E-state index in [-0.39, 0.29) is 21.2 Å². The summed E-state index contributed by atoms with van der Waals surface area (Å²) >= 11 is 0. The highest BCUT2D eigenvalue weighted by Crippen LogP contribution is 2.63. The van der Waals surface area contributed by atoms with Crippen molar-refractivity contribution in [1.82, 2.24) is 0 Å². The minimum atomic E-state index is -1.54. The Hall–Kier alpha value is 1.52. The second kappa shape index (κ2) is 8.51. The molecule has 0 aromatic rings. The van der Waals surface area contributed by atoms with Crippen LogP contribution in [-0.2, 0) is 0 Å². The molecule has 1 heterocycles. The monoisotopic (exact) mass is 571 g/mol. The average molecular weight is 572 g/mol. The number of rotatable bonds is 3. The van der Waals surface area contributed by atoms with Crippen LogP contribution in [0.15, 0.2) is 0 Å². The molecule has 0 amide bonds. The van der Waals surface area contributed by atoms with E-state index in [0.717, 1.165) is 0 Å². The minimum absolute atomic E-state index is 0.280. The second-order valence-corrected chi connectivity index (χ2v) is 83.2. The summed E-state index contributed by atoms with van der Waals surface area (Å²) in [6, 6.07) is 0. The molecule has 0 radical (unpaired) electrons. The Labute approximate surface area is 218 Å². The van der Waals surface area contributed by atoms with Gasteiger partial charge in [0.1, 0.15) is 0 Å². The van der Waals surface area contributed by atoms with Gasteiger partial charge in [-0.1, -0.05) is 170 Å². The molecule has 0 atom stereocenters. The molecule has 0 spiro atoms. The Morgan fingerprint density at radius 2 is 0.788 bits per heavy atom.